The average Bonchev–Trinajstić information content (AvgIpc) is 2.77. The molecule has 1 N–H and O–H groups in total. The van der Waals surface area contributed by atoms with Crippen molar-refractivity contribution in [3.05, 3.63) is 24.0 Å². The molecule has 2 heterocycles. The van der Waals surface area contributed by atoms with E-state index in [0.717, 1.165) is 25.2 Å². The van der Waals surface area contributed by atoms with Crippen LogP contribution in [0.4, 0.5) is 5.69 Å². The van der Waals surface area contributed by atoms with Gasteiger partial charge in [-0.2, -0.15) is 0 Å². The molecule has 0 bridgehead atoms. The Bertz CT molecular complexity index is 451. The van der Waals surface area contributed by atoms with E-state index in [1.165, 1.54) is 6.20 Å². The van der Waals surface area contributed by atoms with Gasteiger partial charge in [0, 0.05) is 19.3 Å². The second-order valence-electron chi connectivity index (χ2n) is 6.00. The van der Waals surface area contributed by atoms with Crippen molar-refractivity contribution in [3.63, 3.8) is 0 Å². The monoisotopic (exact) mass is 248 g/mol. The van der Waals surface area contributed by atoms with E-state index in [0.29, 0.717) is 11.5 Å². The van der Waals surface area contributed by atoms with Gasteiger partial charge in [0.15, 0.2) is 0 Å². The third kappa shape index (κ3) is 2.47. The Morgan fingerprint density at radius 3 is 2.78 bits per heavy atom. The molecule has 0 spiro atoms. The van der Waals surface area contributed by atoms with Crippen LogP contribution in [0, 0.1) is 11.3 Å². The number of rotatable bonds is 2. The van der Waals surface area contributed by atoms with Crippen LogP contribution in [0.1, 0.15) is 37.6 Å². The highest BCUT2D eigenvalue weighted by Crippen LogP contribution is 2.36. The maximum atomic E-state index is 11.2. The topological polar surface area (TPSA) is 53.4 Å². The summed E-state index contributed by atoms with van der Waals surface area (Å²) in [6, 6.07) is 1.57. The molecule has 0 radical (unpaired) electrons. The molecule has 4 nitrogen and oxygen atoms in total. The molecule has 1 saturated heterocycles. The van der Waals surface area contributed by atoms with E-state index in [1.54, 1.807) is 12.3 Å². The van der Waals surface area contributed by atoms with Gasteiger partial charge in [0.05, 0.1) is 17.4 Å². The summed E-state index contributed by atoms with van der Waals surface area (Å²) in [7, 11) is 0. The SMILES string of the molecule is CC(C)(C)C1CCN(c2cnccc2C(=O)O)C1. The van der Waals surface area contributed by atoms with Crippen molar-refractivity contribution in [1.82, 2.24) is 4.98 Å². The third-order valence-electron chi connectivity index (χ3n) is 3.78. The van der Waals surface area contributed by atoms with E-state index in [4.69, 9.17) is 0 Å². The number of pyridine rings is 1. The molecule has 1 atom stereocenters. The fourth-order valence-corrected chi connectivity index (χ4v) is 2.50. The summed E-state index contributed by atoms with van der Waals surface area (Å²) in [5, 5.41) is 9.20. The molecule has 2 rings (SSSR count). The van der Waals surface area contributed by atoms with Crippen LogP contribution >= 0.6 is 0 Å². The first-order valence-corrected chi connectivity index (χ1v) is 6.32. The van der Waals surface area contributed by atoms with Gasteiger partial charge in [0.1, 0.15) is 0 Å². The van der Waals surface area contributed by atoms with Gasteiger partial charge in [-0.3, -0.25) is 4.98 Å². The molecule has 1 unspecified atom stereocenters. The van der Waals surface area contributed by atoms with Gasteiger partial charge in [0.25, 0.3) is 0 Å². The highest BCUT2D eigenvalue weighted by molar-refractivity contribution is 5.94. The van der Waals surface area contributed by atoms with Crippen LogP contribution < -0.4 is 4.90 Å². The van der Waals surface area contributed by atoms with Crippen molar-refractivity contribution in [3.8, 4) is 0 Å². The Labute approximate surface area is 108 Å². The van der Waals surface area contributed by atoms with E-state index in [1.807, 2.05) is 0 Å². The predicted molar refractivity (Wildman–Crippen MR) is 71.0 cm³/mol. The molecule has 1 aliphatic rings. The van der Waals surface area contributed by atoms with E-state index < -0.39 is 5.97 Å². The van der Waals surface area contributed by atoms with Gasteiger partial charge < -0.3 is 10.0 Å². The molecule has 0 saturated carbocycles. The highest BCUT2D eigenvalue weighted by atomic mass is 16.4. The number of hydrogen-bond acceptors (Lipinski definition) is 3. The van der Waals surface area contributed by atoms with E-state index in [-0.39, 0.29) is 5.41 Å². The van der Waals surface area contributed by atoms with Gasteiger partial charge in [-0.15, -0.1) is 0 Å². The lowest BCUT2D eigenvalue weighted by Gasteiger charge is -2.27. The Morgan fingerprint density at radius 2 is 2.22 bits per heavy atom. The van der Waals surface area contributed by atoms with Gasteiger partial charge in [0.2, 0.25) is 0 Å². The molecule has 0 amide bonds. The maximum Gasteiger partial charge on any atom is 0.337 e. The quantitative estimate of drug-likeness (QED) is 0.874. The zero-order chi connectivity index (χ0) is 13.3. The van der Waals surface area contributed by atoms with Gasteiger partial charge in [-0.05, 0) is 23.8 Å². The van der Waals surface area contributed by atoms with E-state index in [9.17, 15) is 9.90 Å². The molecule has 0 aromatic carbocycles. The number of hydrogen-bond donors (Lipinski definition) is 1. The van der Waals surface area contributed by atoms with Crippen LogP contribution in [0.3, 0.4) is 0 Å². The molecule has 1 aromatic heterocycles. The molecule has 1 aromatic rings. The molecular weight excluding hydrogens is 228 g/mol. The van der Waals surface area contributed by atoms with Crippen molar-refractivity contribution in [2.24, 2.45) is 11.3 Å². The van der Waals surface area contributed by atoms with Crippen LogP contribution in [-0.4, -0.2) is 29.1 Å². The van der Waals surface area contributed by atoms with Crippen LogP contribution in [0.25, 0.3) is 0 Å². The number of nitrogens with zero attached hydrogens (tertiary/aromatic N) is 2. The summed E-state index contributed by atoms with van der Waals surface area (Å²) in [6.45, 7) is 8.54. The highest BCUT2D eigenvalue weighted by Gasteiger charge is 2.33. The largest absolute Gasteiger partial charge is 0.478 e. The molecule has 4 heteroatoms. The summed E-state index contributed by atoms with van der Waals surface area (Å²) in [6.07, 6.45) is 4.30. The standard InChI is InChI=1S/C14H20N2O2/c1-14(2,3)10-5-7-16(9-10)12-8-15-6-4-11(12)13(17)18/h4,6,8,10H,5,7,9H2,1-3H3,(H,17,18). The molecule has 1 aliphatic heterocycles. The minimum absolute atomic E-state index is 0.264. The Balaban J connectivity index is 2.22. The van der Waals surface area contributed by atoms with Crippen molar-refractivity contribution < 1.29 is 9.90 Å². The lowest BCUT2D eigenvalue weighted by atomic mass is 9.80. The number of aromatic nitrogens is 1. The van der Waals surface area contributed by atoms with Crippen molar-refractivity contribution in [1.29, 1.82) is 0 Å². The molecule has 1 fully saturated rings. The second kappa shape index (κ2) is 4.59. The minimum Gasteiger partial charge on any atom is -0.478 e. The van der Waals surface area contributed by atoms with E-state index in [2.05, 4.69) is 30.7 Å². The second-order valence-corrected chi connectivity index (χ2v) is 6.00. The summed E-state index contributed by atoms with van der Waals surface area (Å²) in [5.41, 5.74) is 1.36. The zero-order valence-corrected chi connectivity index (χ0v) is 11.2. The summed E-state index contributed by atoms with van der Waals surface area (Å²) in [4.78, 5) is 17.4. The number of carboxylic acids is 1. The van der Waals surface area contributed by atoms with Gasteiger partial charge in [-0.1, -0.05) is 20.8 Å². The lowest BCUT2D eigenvalue weighted by Crippen LogP contribution is -2.27. The number of carbonyl (C=O) groups is 1. The first kappa shape index (κ1) is 12.9. The Morgan fingerprint density at radius 1 is 1.50 bits per heavy atom. The summed E-state index contributed by atoms with van der Waals surface area (Å²) in [5.74, 6) is -0.286. The van der Waals surface area contributed by atoms with Gasteiger partial charge >= 0.3 is 5.97 Å². The maximum absolute atomic E-state index is 11.2. The Hall–Kier alpha value is -1.58. The Kier molecular flexibility index (Phi) is 3.28. The molecule has 0 aliphatic carbocycles. The first-order valence-electron chi connectivity index (χ1n) is 6.32. The molecular formula is C14H20N2O2. The fraction of sp³-hybridized carbons (Fsp3) is 0.571. The van der Waals surface area contributed by atoms with Crippen LogP contribution in [0.2, 0.25) is 0 Å². The lowest BCUT2D eigenvalue weighted by molar-refractivity contribution is 0.0697. The number of carboxylic acid groups (broad SMARTS) is 1. The molecule has 98 valence electrons. The summed E-state index contributed by atoms with van der Waals surface area (Å²) >= 11 is 0. The fourth-order valence-electron chi connectivity index (χ4n) is 2.50. The smallest absolute Gasteiger partial charge is 0.337 e. The van der Waals surface area contributed by atoms with E-state index >= 15 is 0 Å². The minimum atomic E-state index is -0.883. The first-order chi connectivity index (χ1) is 8.39. The van der Waals surface area contributed by atoms with Gasteiger partial charge in [-0.25, -0.2) is 4.79 Å². The van der Waals surface area contributed by atoms with Crippen molar-refractivity contribution in [2.75, 3.05) is 18.0 Å². The predicted octanol–water partition coefficient (Wildman–Crippen LogP) is 2.65. The number of aromatic carboxylic acids is 1. The normalized spacial score (nSPS) is 20.2. The third-order valence-corrected chi connectivity index (χ3v) is 3.78. The van der Waals surface area contributed by atoms with Crippen molar-refractivity contribution >= 4 is 11.7 Å². The molecule has 18 heavy (non-hydrogen) atoms. The zero-order valence-electron chi connectivity index (χ0n) is 11.2. The number of anilines is 1. The van der Waals surface area contributed by atoms with Crippen LogP contribution in [-0.2, 0) is 0 Å². The average molecular weight is 248 g/mol. The summed E-state index contributed by atoms with van der Waals surface area (Å²) < 4.78 is 0. The van der Waals surface area contributed by atoms with Crippen molar-refractivity contribution in [2.45, 2.75) is 27.2 Å². The van der Waals surface area contributed by atoms with Crippen LogP contribution in [0.15, 0.2) is 18.5 Å². The van der Waals surface area contributed by atoms with Crippen LogP contribution in [0.5, 0.6) is 0 Å².